The minimum atomic E-state index is -0.407. The molecule has 2 N–H and O–H groups in total. The summed E-state index contributed by atoms with van der Waals surface area (Å²) in [5, 5.41) is 6.07. The van der Waals surface area contributed by atoms with Gasteiger partial charge in [-0.25, -0.2) is 14.4 Å². The Balaban J connectivity index is 1.47. The van der Waals surface area contributed by atoms with E-state index in [9.17, 15) is 9.18 Å². The third kappa shape index (κ3) is 5.12. The van der Waals surface area contributed by atoms with E-state index in [4.69, 9.17) is 9.47 Å². The number of Topliss-reactive ketones (excluding diaryl/α,β-unsaturated/α-hetero) is 1. The van der Waals surface area contributed by atoms with Crippen LogP contribution in [-0.2, 0) is 0 Å². The Hall–Kier alpha value is -4.47. The number of ketones is 1. The van der Waals surface area contributed by atoms with Gasteiger partial charge in [0.15, 0.2) is 24.0 Å². The number of rotatable bonds is 9. The summed E-state index contributed by atoms with van der Waals surface area (Å²) in [6.07, 6.45) is 5.11. The molecule has 0 unspecified atom stereocenters. The molecule has 0 atom stereocenters. The number of ether oxygens (including phenoxy) is 2. The number of carbonyl (C=O) groups is 1. The summed E-state index contributed by atoms with van der Waals surface area (Å²) in [7, 11) is 3.28. The third-order valence-electron chi connectivity index (χ3n) is 4.94. The largest absolute Gasteiger partial charge is 0.494 e. The van der Waals surface area contributed by atoms with Crippen molar-refractivity contribution in [3.8, 4) is 17.2 Å². The van der Waals surface area contributed by atoms with E-state index in [2.05, 4.69) is 25.6 Å². The molecule has 4 rings (SSSR count). The van der Waals surface area contributed by atoms with Gasteiger partial charge in [0.25, 0.3) is 0 Å². The quantitative estimate of drug-likeness (QED) is 0.358. The number of aromatic nitrogens is 4. The average molecular weight is 462 g/mol. The normalized spacial score (nSPS) is 10.6. The van der Waals surface area contributed by atoms with Crippen LogP contribution >= 0.6 is 0 Å². The zero-order valence-corrected chi connectivity index (χ0v) is 18.9. The maximum absolute atomic E-state index is 13.1. The highest BCUT2D eigenvalue weighted by Crippen LogP contribution is 2.29. The first-order valence-corrected chi connectivity index (χ1v) is 10.4. The van der Waals surface area contributed by atoms with E-state index >= 15 is 0 Å². The summed E-state index contributed by atoms with van der Waals surface area (Å²) in [4.78, 5) is 25.2. The number of nitrogens with one attached hydrogen (secondary N) is 2. The van der Waals surface area contributed by atoms with Crippen LogP contribution in [0.4, 0.5) is 21.8 Å². The monoisotopic (exact) mass is 462 g/mol. The van der Waals surface area contributed by atoms with Gasteiger partial charge < -0.3 is 24.7 Å². The molecular weight excluding hydrogens is 439 g/mol. The third-order valence-corrected chi connectivity index (χ3v) is 4.94. The lowest BCUT2D eigenvalue weighted by molar-refractivity contribution is 0.0921. The van der Waals surface area contributed by atoms with Gasteiger partial charge in [-0.1, -0.05) is 0 Å². The Labute approximate surface area is 195 Å². The van der Waals surface area contributed by atoms with E-state index in [-0.39, 0.29) is 12.4 Å². The van der Waals surface area contributed by atoms with Gasteiger partial charge in [0.05, 0.1) is 31.0 Å². The number of halogens is 1. The maximum atomic E-state index is 13.1. The van der Waals surface area contributed by atoms with Crippen molar-refractivity contribution in [3.63, 3.8) is 0 Å². The zero-order valence-electron chi connectivity index (χ0n) is 18.9. The summed E-state index contributed by atoms with van der Waals surface area (Å²) >= 11 is 0. The van der Waals surface area contributed by atoms with Gasteiger partial charge in [-0.05, 0) is 43.3 Å². The molecule has 10 heteroatoms. The molecule has 0 spiro atoms. The number of nitrogens with zero attached hydrogens (tertiary/aromatic N) is 4. The molecule has 2 aromatic carbocycles. The number of benzene rings is 2. The van der Waals surface area contributed by atoms with Crippen LogP contribution in [0, 0.1) is 12.7 Å². The number of aryl methyl sites for hydroxylation is 1. The van der Waals surface area contributed by atoms with Crippen LogP contribution in [0.2, 0.25) is 0 Å². The predicted molar refractivity (Wildman–Crippen MR) is 126 cm³/mol. The number of anilines is 3. The van der Waals surface area contributed by atoms with E-state index < -0.39 is 5.82 Å². The molecule has 174 valence electrons. The van der Waals surface area contributed by atoms with Crippen molar-refractivity contribution in [2.75, 3.05) is 31.4 Å². The first-order valence-electron chi connectivity index (χ1n) is 10.4. The Bertz CT molecular complexity index is 1310. The summed E-state index contributed by atoms with van der Waals surface area (Å²) in [6.45, 7) is 1.69. The zero-order chi connectivity index (χ0) is 24.1. The highest BCUT2D eigenvalue weighted by molar-refractivity contribution is 5.97. The van der Waals surface area contributed by atoms with E-state index in [1.165, 1.54) is 30.5 Å². The Morgan fingerprint density at radius 3 is 2.59 bits per heavy atom. The van der Waals surface area contributed by atoms with Crippen LogP contribution in [0.15, 0.2) is 61.2 Å². The van der Waals surface area contributed by atoms with Crippen molar-refractivity contribution < 1.29 is 18.7 Å². The summed E-state index contributed by atoms with van der Waals surface area (Å²) < 4.78 is 26.1. The average Bonchev–Trinajstić information content (AvgIpc) is 3.29. The molecule has 0 saturated heterocycles. The number of hydrogen-bond donors (Lipinski definition) is 2. The summed E-state index contributed by atoms with van der Waals surface area (Å²) in [5.41, 5.74) is 2.83. The second-order valence-corrected chi connectivity index (χ2v) is 7.31. The SMILES string of the molecule is CNc1nc(Nc2ccc(-n3cnc(C)c3)c(OC)c2)ncc1OCC(=O)c1ccc(F)cc1. The Morgan fingerprint density at radius 1 is 1.12 bits per heavy atom. The molecule has 4 aromatic rings. The lowest BCUT2D eigenvalue weighted by Crippen LogP contribution is -2.13. The highest BCUT2D eigenvalue weighted by Gasteiger charge is 2.13. The van der Waals surface area contributed by atoms with E-state index in [0.29, 0.717) is 28.8 Å². The molecule has 0 saturated carbocycles. The minimum Gasteiger partial charge on any atom is -0.494 e. The van der Waals surface area contributed by atoms with E-state index in [1.807, 2.05) is 35.9 Å². The molecule has 0 amide bonds. The molecule has 9 nitrogen and oxygen atoms in total. The fourth-order valence-electron chi connectivity index (χ4n) is 3.23. The molecule has 0 aliphatic heterocycles. The van der Waals surface area contributed by atoms with Gasteiger partial charge in [-0.3, -0.25) is 4.79 Å². The summed E-state index contributed by atoms with van der Waals surface area (Å²) in [5.74, 6) is 0.999. The Morgan fingerprint density at radius 2 is 1.91 bits per heavy atom. The Kier molecular flexibility index (Phi) is 6.67. The first-order chi connectivity index (χ1) is 16.5. The number of methoxy groups -OCH3 is 1. The van der Waals surface area contributed by atoms with Crippen LogP contribution < -0.4 is 20.1 Å². The van der Waals surface area contributed by atoms with Gasteiger partial charge in [0.1, 0.15) is 11.6 Å². The smallest absolute Gasteiger partial charge is 0.229 e. The summed E-state index contributed by atoms with van der Waals surface area (Å²) in [6, 6.07) is 10.9. The van der Waals surface area contributed by atoms with Crippen LogP contribution in [0.25, 0.3) is 5.69 Å². The molecule has 2 aromatic heterocycles. The molecule has 0 aliphatic rings. The molecule has 0 bridgehead atoms. The van der Waals surface area contributed by atoms with Crippen molar-refractivity contribution >= 4 is 23.2 Å². The second kappa shape index (κ2) is 9.99. The molecule has 0 radical (unpaired) electrons. The fourth-order valence-corrected chi connectivity index (χ4v) is 3.23. The van der Waals surface area contributed by atoms with Crippen LogP contribution in [-0.4, -0.2) is 46.1 Å². The van der Waals surface area contributed by atoms with Gasteiger partial charge in [-0.2, -0.15) is 4.98 Å². The second-order valence-electron chi connectivity index (χ2n) is 7.31. The van der Waals surface area contributed by atoms with Crippen molar-refractivity contribution in [2.24, 2.45) is 0 Å². The molecule has 0 fully saturated rings. The lowest BCUT2D eigenvalue weighted by atomic mass is 10.1. The van der Waals surface area contributed by atoms with Crippen molar-refractivity contribution in [2.45, 2.75) is 6.92 Å². The standard InChI is InChI=1S/C24H23FN6O3/c1-15-12-31(14-28-15)19-9-8-18(10-21(19)33-3)29-24-27-11-22(23(26-2)30-24)34-13-20(32)16-4-6-17(25)7-5-16/h4-12,14H,13H2,1-3H3,(H2,26,27,29,30). The number of imidazole rings is 1. The number of hydrogen-bond acceptors (Lipinski definition) is 8. The van der Waals surface area contributed by atoms with Crippen LogP contribution in [0.1, 0.15) is 16.1 Å². The van der Waals surface area contributed by atoms with Gasteiger partial charge >= 0.3 is 0 Å². The van der Waals surface area contributed by atoms with Crippen molar-refractivity contribution in [1.82, 2.24) is 19.5 Å². The lowest BCUT2D eigenvalue weighted by Gasteiger charge is -2.14. The van der Waals surface area contributed by atoms with Gasteiger partial charge in [0.2, 0.25) is 5.95 Å². The number of carbonyl (C=O) groups excluding carboxylic acids is 1. The van der Waals surface area contributed by atoms with Crippen molar-refractivity contribution in [1.29, 1.82) is 0 Å². The topological polar surface area (TPSA) is 103 Å². The van der Waals surface area contributed by atoms with Crippen LogP contribution in [0.3, 0.4) is 0 Å². The molecular formula is C24H23FN6O3. The van der Waals surface area contributed by atoms with Crippen LogP contribution in [0.5, 0.6) is 11.5 Å². The molecule has 0 aliphatic carbocycles. The first kappa shape index (κ1) is 22.7. The highest BCUT2D eigenvalue weighted by atomic mass is 19.1. The maximum Gasteiger partial charge on any atom is 0.229 e. The predicted octanol–water partition coefficient (Wildman–Crippen LogP) is 4.17. The van der Waals surface area contributed by atoms with Gasteiger partial charge in [0, 0.05) is 30.6 Å². The van der Waals surface area contributed by atoms with E-state index in [1.54, 1.807) is 20.5 Å². The molecule has 2 heterocycles. The molecule has 34 heavy (non-hydrogen) atoms. The minimum absolute atomic E-state index is 0.233. The van der Waals surface area contributed by atoms with Crippen molar-refractivity contribution in [3.05, 3.63) is 78.3 Å². The fraction of sp³-hybridized carbons (Fsp3) is 0.167. The van der Waals surface area contributed by atoms with Gasteiger partial charge in [-0.15, -0.1) is 0 Å². The van der Waals surface area contributed by atoms with E-state index in [0.717, 1.165) is 17.1 Å².